The molecule has 1 aliphatic rings. The molecule has 2 aromatic rings. The third-order valence-corrected chi connectivity index (χ3v) is 5.25. The molecule has 2 aromatic carbocycles. The van der Waals surface area contributed by atoms with E-state index in [9.17, 15) is 4.79 Å². The van der Waals surface area contributed by atoms with Gasteiger partial charge in [0.25, 0.3) is 0 Å². The number of methoxy groups -OCH3 is 1. The summed E-state index contributed by atoms with van der Waals surface area (Å²) in [4.78, 5) is 11.9. The minimum atomic E-state index is -0.220. The van der Waals surface area contributed by atoms with Crippen LogP contribution in [0, 0.1) is 5.92 Å². The number of carbonyl (C=O) groups excluding carboxylic acids is 1. The Hall–Kier alpha value is -2.29. The molecular weight excluding hydrogens is 298 g/mol. The first kappa shape index (κ1) is 16.6. The highest BCUT2D eigenvalue weighted by molar-refractivity contribution is 5.81. The average molecular weight is 323 g/mol. The molecule has 0 heterocycles. The van der Waals surface area contributed by atoms with Crippen molar-refractivity contribution >= 4 is 11.5 Å². The van der Waals surface area contributed by atoms with Crippen molar-refractivity contribution in [2.24, 2.45) is 5.92 Å². The lowest BCUT2D eigenvalue weighted by molar-refractivity contribution is -0.117. The summed E-state index contributed by atoms with van der Waals surface area (Å²) < 4.78 is 5.25. The summed E-state index contributed by atoms with van der Waals surface area (Å²) in [7, 11) is 1.67. The maximum absolute atomic E-state index is 11.9. The van der Waals surface area contributed by atoms with Gasteiger partial charge in [0.1, 0.15) is 11.5 Å². The Morgan fingerprint density at radius 1 is 1.12 bits per heavy atom. The zero-order chi connectivity index (χ0) is 17.0. The fourth-order valence-corrected chi connectivity index (χ4v) is 3.89. The van der Waals surface area contributed by atoms with Crippen molar-refractivity contribution in [1.82, 2.24) is 0 Å². The number of benzene rings is 2. The number of ether oxygens (including phenoxy) is 1. The van der Waals surface area contributed by atoms with Crippen LogP contribution in [0.15, 0.2) is 54.6 Å². The summed E-state index contributed by atoms with van der Waals surface area (Å²) in [6.07, 6.45) is 3.24. The summed E-state index contributed by atoms with van der Waals surface area (Å²) in [6.45, 7) is 2.20. The molecule has 126 valence electrons. The fourth-order valence-electron chi connectivity index (χ4n) is 3.89. The lowest BCUT2D eigenvalue weighted by atomic mass is 9.74. The van der Waals surface area contributed by atoms with Crippen molar-refractivity contribution < 1.29 is 9.53 Å². The van der Waals surface area contributed by atoms with Crippen LogP contribution in [0.1, 0.15) is 38.2 Å². The largest absolute Gasteiger partial charge is 0.497 e. The Kier molecular flexibility index (Phi) is 4.89. The molecule has 3 rings (SSSR count). The van der Waals surface area contributed by atoms with Crippen molar-refractivity contribution in [3.8, 4) is 5.75 Å². The number of carbonyl (C=O) groups is 1. The molecule has 3 heteroatoms. The number of hydrogen-bond donors (Lipinski definition) is 1. The van der Waals surface area contributed by atoms with Gasteiger partial charge in [0, 0.05) is 18.5 Å². The number of hydrogen-bond acceptors (Lipinski definition) is 3. The normalized spacial score (nSPS) is 19.8. The fraction of sp³-hybridized carbons (Fsp3) is 0.381. The Morgan fingerprint density at radius 3 is 2.38 bits per heavy atom. The minimum absolute atomic E-state index is 0.220. The van der Waals surface area contributed by atoms with Crippen LogP contribution in [0.3, 0.4) is 0 Å². The van der Waals surface area contributed by atoms with Crippen LogP contribution in [-0.4, -0.2) is 12.9 Å². The van der Waals surface area contributed by atoms with Crippen molar-refractivity contribution in [2.75, 3.05) is 12.4 Å². The molecule has 24 heavy (non-hydrogen) atoms. The van der Waals surface area contributed by atoms with Gasteiger partial charge < -0.3 is 10.1 Å². The Labute approximate surface area is 144 Å². The quantitative estimate of drug-likeness (QED) is 0.831. The highest BCUT2D eigenvalue weighted by Gasteiger charge is 2.42. The summed E-state index contributed by atoms with van der Waals surface area (Å²) in [5.74, 6) is 1.54. The SMILES string of the molecule is CC[C@](Nc1ccc(OC)cc1)(c1ccccc1)C1CCC(=O)C1. The third-order valence-electron chi connectivity index (χ3n) is 5.25. The molecule has 0 aromatic heterocycles. The molecule has 1 N–H and O–H groups in total. The van der Waals surface area contributed by atoms with Gasteiger partial charge in [-0.2, -0.15) is 0 Å². The van der Waals surface area contributed by atoms with E-state index in [4.69, 9.17) is 4.74 Å². The molecular formula is C21H25NO2. The second-order valence-corrected chi connectivity index (χ2v) is 6.52. The maximum Gasteiger partial charge on any atom is 0.133 e. The van der Waals surface area contributed by atoms with E-state index in [0.717, 1.165) is 24.3 Å². The van der Waals surface area contributed by atoms with Crippen LogP contribution in [0.2, 0.25) is 0 Å². The van der Waals surface area contributed by atoms with E-state index in [1.807, 2.05) is 30.3 Å². The number of nitrogens with one attached hydrogen (secondary N) is 1. The van der Waals surface area contributed by atoms with Gasteiger partial charge in [-0.3, -0.25) is 4.79 Å². The number of ketones is 1. The molecule has 0 aliphatic heterocycles. The molecule has 0 amide bonds. The zero-order valence-electron chi connectivity index (χ0n) is 14.4. The van der Waals surface area contributed by atoms with Crippen LogP contribution < -0.4 is 10.1 Å². The summed E-state index contributed by atoms with van der Waals surface area (Å²) in [6, 6.07) is 18.5. The van der Waals surface area contributed by atoms with E-state index < -0.39 is 0 Å². The first-order chi connectivity index (χ1) is 11.7. The van der Waals surface area contributed by atoms with Crippen molar-refractivity contribution in [3.63, 3.8) is 0 Å². The standard InChI is InChI=1S/C21H25NO2/c1-3-21(16-7-5-4-6-8-16,17-9-12-19(23)15-17)22-18-10-13-20(24-2)14-11-18/h4-8,10-11,13-14,17,22H,3,9,12,15H2,1-2H3/t17?,21-/m0/s1. The van der Waals surface area contributed by atoms with E-state index in [-0.39, 0.29) is 5.54 Å². The first-order valence-electron chi connectivity index (χ1n) is 8.67. The lowest BCUT2D eigenvalue weighted by Crippen LogP contribution is -2.41. The van der Waals surface area contributed by atoms with Crippen molar-refractivity contribution in [2.45, 2.75) is 38.1 Å². The van der Waals surface area contributed by atoms with E-state index in [2.05, 4.69) is 36.5 Å². The van der Waals surface area contributed by atoms with Crippen LogP contribution in [0.25, 0.3) is 0 Å². The second-order valence-electron chi connectivity index (χ2n) is 6.52. The van der Waals surface area contributed by atoms with E-state index in [1.54, 1.807) is 7.11 Å². The van der Waals surface area contributed by atoms with Crippen LogP contribution in [0.5, 0.6) is 5.75 Å². The Balaban J connectivity index is 1.98. The molecule has 2 atom stereocenters. The third kappa shape index (κ3) is 3.16. The van der Waals surface area contributed by atoms with Gasteiger partial charge in [0.15, 0.2) is 0 Å². The highest BCUT2D eigenvalue weighted by atomic mass is 16.5. The lowest BCUT2D eigenvalue weighted by Gasteiger charge is -2.41. The van der Waals surface area contributed by atoms with Gasteiger partial charge in [-0.15, -0.1) is 0 Å². The average Bonchev–Trinajstić information content (AvgIpc) is 3.08. The number of Topliss-reactive ketones (excluding diaryl/α,β-unsaturated/α-hetero) is 1. The molecule has 0 radical (unpaired) electrons. The maximum atomic E-state index is 11.9. The predicted molar refractivity (Wildman–Crippen MR) is 97.4 cm³/mol. The highest BCUT2D eigenvalue weighted by Crippen LogP contribution is 2.44. The molecule has 0 bridgehead atoms. The predicted octanol–water partition coefficient (Wildman–Crippen LogP) is 4.78. The summed E-state index contributed by atoms with van der Waals surface area (Å²) >= 11 is 0. The van der Waals surface area contributed by atoms with Crippen LogP contribution in [0.4, 0.5) is 5.69 Å². The molecule has 1 fully saturated rings. The molecule has 0 spiro atoms. The van der Waals surface area contributed by atoms with Gasteiger partial charge in [-0.1, -0.05) is 37.3 Å². The number of rotatable bonds is 6. The van der Waals surface area contributed by atoms with Gasteiger partial charge >= 0.3 is 0 Å². The Bertz CT molecular complexity index is 681. The summed E-state index contributed by atoms with van der Waals surface area (Å²) in [5.41, 5.74) is 2.09. The van der Waals surface area contributed by atoms with E-state index in [1.165, 1.54) is 5.56 Å². The smallest absolute Gasteiger partial charge is 0.133 e. The first-order valence-corrected chi connectivity index (χ1v) is 8.67. The van der Waals surface area contributed by atoms with E-state index in [0.29, 0.717) is 24.5 Å². The van der Waals surface area contributed by atoms with Gasteiger partial charge in [0.2, 0.25) is 0 Å². The van der Waals surface area contributed by atoms with Gasteiger partial charge in [-0.25, -0.2) is 0 Å². The minimum Gasteiger partial charge on any atom is -0.497 e. The second kappa shape index (κ2) is 7.08. The van der Waals surface area contributed by atoms with Crippen LogP contribution in [-0.2, 0) is 10.3 Å². The van der Waals surface area contributed by atoms with Crippen molar-refractivity contribution in [3.05, 3.63) is 60.2 Å². The topological polar surface area (TPSA) is 38.3 Å². The van der Waals surface area contributed by atoms with Crippen LogP contribution >= 0.6 is 0 Å². The Morgan fingerprint density at radius 2 is 1.83 bits per heavy atom. The molecule has 3 nitrogen and oxygen atoms in total. The van der Waals surface area contributed by atoms with E-state index >= 15 is 0 Å². The molecule has 1 unspecified atom stereocenters. The summed E-state index contributed by atoms with van der Waals surface area (Å²) in [5, 5.41) is 3.76. The molecule has 0 saturated heterocycles. The monoisotopic (exact) mass is 323 g/mol. The zero-order valence-corrected chi connectivity index (χ0v) is 14.4. The number of anilines is 1. The van der Waals surface area contributed by atoms with Gasteiger partial charge in [-0.05, 0) is 48.6 Å². The molecule has 1 aliphatic carbocycles. The van der Waals surface area contributed by atoms with Crippen molar-refractivity contribution in [1.29, 1.82) is 0 Å². The van der Waals surface area contributed by atoms with Gasteiger partial charge in [0.05, 0.1) is 12.6 Å². The molecule has 1 saturated carbocycles.